The molecule has 0 spiro atoms. The Morgan fingerprint density at radius 2 is 1.67 bits per heavy atom. The molecule has 0 saturated heterocycles. The number of hydrogen-bond donors (Lipinski definition) is 1. The van der Waals surface area contributed by atoms with Gasteiger partial charge in [-0.15, -0.1) is 0 Å². The van der Waals surface area contributed by atoms with Gasteiger partial charge in [0.05, 0.1) is 11.9 Å². The SMILES string of the molecule is CNC(=O)[C@@H](Cc1ccccc1)N(Cc1ccccc1Cl)C(=O)CN(c1cccc(F)c1)S(C)(=O)=O. The van der Waals surface area contributed by atoms with E-state index in [0.717, 1.165) is 22.2 Å². The first-order valence-corrected chi connectivity index (χ1v) is 13.3. The van der Waals surface area contributed by atoms with Gasteiger partial charge in [0.15, 0.2) is 0 Å². The van der Waals surface area contributed by atoms with Gasteiger partial charge in [0, 0.05) is 25.0 Å². The van der Waals surface area contributed by atoms with E-state index in [1.54, 1.807) is 24.3 Å². The first kappa shape index (κ1) is 27.2. The van der Waals surface area contributed by atoms with E-state index in [-0.39, 0.29) is 18.7 Å². The van der Waals surface area contributed by atoms with Crippen LogP contribution in [0.25, 0.3) is 0 Å². The molecule has 2 amide bonds. The first-order chi connectivity index (χ1) is 17.1. The number of likely N-dealkylation sites (N-methyl/N-ethyl adjacent to an activating group) is 1. The largest absolute Gasteiger partial charge is 0.357 e. The third-order valence-corrected chi connectivity index (χ3v) is 7.10. The highest BCUT2D eigenvalue weighted by Crippen LogP contribution is 2.23. The number of halogens is 2. The Hall–Kier alpha value is -3.43. The molecule has 0 aliphatic rings. The van der Waals surface area contributed by atoms with E-state index in [4.69, 9.17) is 11.6 Å². The summed E-state index contributed by atoms with van der Waals surface area (Å²) in [7, 11) is -2.50. The van der Waals surface area contributed by atoms with Crippen LogP contribution < -0.4 is 9.62 Å². The Labute approximate surface area is 215 Å². The van der Waals surface area contributed by atoms with Crippen LogP contribution in [0.15, 0.2) is 78.9 Å². The summed E-state index contributed by atoms with van der Waals surface area (Å²) < 4.78 is 39.9. The molecule has 0 aromatic heterocycles. The number of rotatable bonds is 10. The Kier molecular flexibility index (Phi) is 9.06. The second-order valence-electron chi connectivity index (χ2n) is 8.18. The van der Waals surface area contributed by atoms with E-state index < -0.39 is 40.2 Å². The maximum absolute atomic E-state index is 13.9. The third kappa shape index (κ3) is 7.05. The molecule has 190 valence electrons. The maximum Gasteiger partial charge on any atom is 0.244 e. The molecule has 0 bridgehead atoms. The zero-order valence-electron chi connectivity index (χ0n) is 19.9. The van der Waals surface area contributed by atoms with Gasteiger partial charge in [0.25, 0.3) is 0 Å². The van der Waals surface area contributed by atoms with Crippen LogP contribution >= 0.6 is 11.6 Å². The molecule has 1 N–H and O–H groups in total. The van der Waals surface area contributed by atoms with Crippen molar-refractivity contribution in [3.05, 3.63) is 101 Å². The van der Waals surface area contributed by atoms with Gasteiger partial charge in [-0.2, -0.15) is 0 Å². The normalized spacial score (nSPS) is 12.0. The zero-order chi connectivity index (χ0) is 26.3. The summed E-state index contributed by atoms with van der Waals surface area (Å²) in [4.78, 5) is 28.1. The number of anilines is 1. The lowest BCUT2D eigenvalue weighted by molar-refractivity contribution is -0.139. The summed E-state index contributed by atoms with van der Waals surface area (Å²) in [6, 6.07) is 20.1. The molecule has 3 aromatic carbocycles. The minimum Gasteiger partial charge on any atom is -0.357 e. The van der Waals surface area contributed by atoms with Crippen LogP contribution in [-0.2, 0) is 32.6 Å². The summed E-state index contributed by atoms with van der Waals surface area (Å²) in [5, 5.41) is 3.00. The molecule has 3 aromatic rings. The number of nitrogens with zero attached hydrogens (tertiary/aromatic N) is 2. The third-order valence-electron chi connectivity index (χ3n) is 5.59. The van der Waals surface area contributed by atoms with Gasteiger partial charge in [0.2, 0.25) is 21.8 Å². The number of carbonyl (C=O) groups is 2. The Morgan fingerprint density at radius 3 is 2.28 bits per heavy atom. The van der Waals surface area contributed by atoms with Gasteiger partial charge in [-0.3, -0.25) is 13.9 Å². The molecule has 1 atom stereocenters. The highest BCUT2D eigenvalue weighted by molar-refractivity contribution is 7.92. The number of nitrogens with one attached hydrogen (secondary N) is 1. The predicted octanol–water partition coefficient (Wildman–Crippen LogP) is 3.63. The molecule has 0 heterocycles. The van der Waals surface area contributed by atoms with Crippen molar-refractivity contribution in [1.82, 2.24) is 10.2 Å². The van der Waals surface area contributed by atoms with Crippen LogP contribution in [0.4, 0.5) is 10.1 Å². The summed E-state index contributed by atoms with van der Waals surface area (Å²) in [6.45, 7) is -0.667. The minimum absolute atomic E-state index is 0.00287. The van der Waals surface area contributed by atoms with Gasteiger partial charge in [0.1, 0.15) is 18.4 Å². The summed E-state index contributed by atoms with van der Waals surface area (Å²) in [5.41, 5.74) is 1.40. The van der Waals surface area contributed by atoms with Crippen molar-refractivity contribution in [3.63, 3.8) is 0 Å². The average molecular weight is 532 g/mol. The van der Waals surface area contributed by atoms with E-state index in [1.165, 1.54) is 30.1 Å². The molecule has 10 heteroatoms. The summed E-state index contributed by atoms with van der Waals surface area (Å²) in [5.74, 6) is -1.71. The van der Waals surface area contributed by atoms with Crippen LogP contribution in [0.2, 0.25) is 5.02 Å². The number of hydrogen-bond acceptors (Lipinski definition) is 4. The molecule has 0 aliphatic carbocycles. The molecule has 0 saturated carbocycles. The number of carbonyl (C=O) groups excluding carboxylic acids is 2. The van der Waals surface area contributed by atoms with Crippen LogP contribution in [0, 0.1) is 5.82 Å². The van der Waals surface area contributed by atoms with Crippen LogP contribution in [-0.4, -0.2) is 51.0 Å². The second kappa shape index (κ2) is 12.0. The molecule has 36 heavy (non-hydrogen) atoms. The van der Waals surface area contributed by atoms with Crippen molar-refractivity contribution >= 4 is 39.1 Å². The van der Waals surface area contributed by atoms with Crippen molar-refractivity contribution in [2.24, 2.45) is 0 Å². The number of benzene rings is 3. The van der Waals surface area contributed by atoms with E-state index >= 15 is 0 Å². The van der Waals surface area contributed by atoms with Gasteiger partial charge in [-0.25, -0.2) is 12.8 Å². The van der Waals surface area contributed by atoms with Gasteiger partial charge in [-0.1, -0.05) is 66.2 Å². The van der Waals surface area contributed by atoms with E-state index in [1.807, 2.05) is 30.3 Å². The zero-order valence-corrected chi connectivity index (χ0v) is 21.5. The lowest BCUT2D eigenvalue weighted by Crippen LogP contribution is -2.52. The van der Waals surface area contributed by atoms with Crippen LogP contribution in [0.5, 0.6) is 0 Å². The first-order valence-electron chi connectivity index (χ1n) is 11.1. The lowest BCUT2D eigenvalue weighted by Gasteiger charge is -2.33. The monoisotopic (exact) mass is 531 g/mol. The number of sulfonamides is 1. The number of amides is 2. The molecular formula is C26H27ClFN3O4S. The van der Waals surface area contributed by atoms with E-state index in [0.29, 0.717) is 10.6 Å². The molecule has 0 aliphatic heterocycles. The Bertz CT molecular complexity index is 1320. The molecule has 0 unspecified atom stereocenters. The standard InChI is InChI=1S/C26H27ClFN3O4S/c1-29-26(33)24(15-19-9-4-3-5-10-19)30(17-20-11-6-7-14-23(20)27)25(32)18-31(36(2,34)35)22-13-8-12-21(28)16-22/h3-14,16,24H,15,17-18H2,1-2H3,(H,29,33)/t24-/m1/s1. The second-order valence-corrected chi connectivity index (χ2v) is 10.5. The van der Waals surface area contributed by atoms with Crippen LogP contribution in [0.1, 0.15) is 11.1 Å². The van der Waals surface area contributed by atoms with Crippen molar-refractivity contribution in [2.75, 3.05) is 24.2 Å². The average Bonchev–Trinajstić information content (AvgIpc) is 2.85. The molecule has 0 fully saturated rings. The maximum atomic E-state index is 13.9. The van der Waals surface area contributed by atoms with Crippen molar-refractivity contribution in [1.29, 1.82) is 0 Å². The fourth-order valence-corrected chi connectivity index (χ4v) is 4.81. The van der Waals surface area contributed by atoms with Gasteiger partial charge < -0.3 is 10.2 Å². The molecule has 7 nitrogen and oxygen atoms in total. The van der Waals surface area contributed by atoms with Gasteiger partial charge in [-0.05, 0) is 35.4 Å². The molecular weight excluding hydrogens is 505 g/mol. The van der Waals surface area contributed by atoms with Crippen molar-refractivity contribution in [3.8, 4) is 0 Å². The smallest absolute Gasteiger partial charge is 0.244 e. The topological polar surface area (TPSA) is 86.8 Å². The van der Waals surface area contributed by atoms with E-state index in [9.17, 15) is 22.4 Å². The molecule has 0 radical (unpaired) electrons. The summed E-state index contributed by atoms with van der Waals surface area (Å²) >= 11 is 6.36. The quantitative estimate of drug-likeness (QED) is 0.433. The fourth-order valence-electron chi connectivity index (χ4n) is 3.78. The Balaban J connectivity index is 2.04. The van der Waals surface area contributed by atoms with E-state index in [2.05, 4.69) is 5.32 Å². The lowest BCUT2D eigenvalue weighted by atomic mass is 10.0. The minimum atomic E-state index is -3.96. The predicted molar refractivity (Wildman–Crippen MR) is 139 cm³/mol. The van der Waals surface area contributed by atoms with Crippen molar-refractivity contribution in [2.45, 2.75) is 19.0 Å². The Morgan fingerprint density at radius 1 is 1.00 bits per heavy atom. The van der Waals surface area contributed by atoms with Crippen LogP contribution in [0.3, 0.4) is 0 Å². The van der Waals surface area contributed by atoms with Crippen molar-refractivity contribution < 1.29 is 22.4 Å². The molecule has 3 rings (SSSR count). The highest BCUT2D eigenvalue weighted by Gasteiger charge is 2.33. The summed E-state index contributed by atoms with van der Waals surface area (Å²) in [6.07, 6.45) is 1.12. The fraction of sp³-hybridized carbons (Fsp3) is 0.231. The highest BCUT2D eigenvalue weighted by atomic mass is 35.5. The van der Waals surface area contributed by atoms with Gasteiger partial charge >= 0.3 is 0 Å².